The van der Waals surface area contributed by atoms with Crippen molar-refractivity contribution in [2.75, 3.05) is 6.61 Å². The number of hydrogen-bond acceptors (Lipinski definition) is 3. The molecular formula is C16H14ClNO2S. The highest BCUT2D eigenvalue weighted by atomic mass is 35.5. The number of amides is 1. The quantitative estimate of drug-likeness (QED) is 0.855. The summed E-state index contributed by atoms with van der Waals surface area (Å²) in [6, 6.07) is 9.13. The van der Waals surface area contributed by atoms with Crippen LogP contribution in [-0.2, 0) is 6.54 Å². The Kier molecular flexibility index (Phi) is 5.40. The highest BCUT2D eigenvalue weighted by molar-refractivity contribution is 7.16. The Bertz CT molecular complexity index is 713. The van der Waals surface area contributed by atoms with E-state index in [2.05, 4.69) is 17.2 Å². The monoisotopic (exact) mass is 319 g/mol. The molecule has 0 aliphatic heterocycles. The van der Waals surface area contributed by atoms with Gasteiger partial charge in [-0.15, -0.1) is 11.3 Å². The highest BCUT2D eigenvalue weighted by Crippen LogP contribution is 2.21. The van der Waals surface area contributed by atoms with E-state index in [4.69, 9.17) is 16.7 Å². The SMILES string of the molecule is Cc1ccc(C(=O)NCc2ccc(Cl)s2)c(C#CCO)c1. The molecule has 0 fully saturated rings. The molecule has 0 aliphatic carbocycles. The zero-order valence-electron chi connectivity index (χ0n) is 11.4. The fourth-order valence-electron chi connectivity index (χ4n) is 1.80. The van der Waals surface area contributed by atoms with E-state index in [1.807, 2.05) is 25.1 Å². The molecule has 2 aromatic rings. The van der Waals surface area contributed by atoms with Gasteiger partial charge < -0.3 is 10.4 Å². The van der Waals surface area contributed by atoms with Crippen molar-refractivity contribution in [3.63, 3.8) is 0 Å². The van der Waals surface area contributed by atoms with Gasteiger partial charge in [0, 0.05) is 10.4 Å². The number of rotatable bonds is 3. The first-order chi connectivity index (χ1) is 10.1. The molecule has 0 saturated heterocycles. The van der Waals surface area contributed by atoms with Crippen LogP contribution < -0.4 is 5.32 Å². The number of benzene rings is 1. The molecule has 0 aliphatic rings. The first-order valence-corrected chi connectivity index (χ1v) is 7.52. The van der Waals surface area contributed by atoms with Gasteiger partial charge in [0.2, 0.25) is 0 Å². The maximum absolute atomic E-state index is 12.3. The molecule has 1 amide bonds. The number of halogens is 1. The molecule has 3 nitrogen and oxygen atoms in total. The summed E-state index contributed by atoms with van der Waals surface area (Å²) in [5.74, 6) is 5.19. The van der Waals surface area contributed by atoms with E-state index < -0.39 is 0 Å². The molecule has 1 aromatic carbocycles. The van der Waals surface area contributed by atoms with E-state index in [-0.39, 0.29) is 12.5 Å². The molecule has 1 aromatic heterocycles. The second kappa shape index (κ2) is 7.28. The summed E-state index contributed by atoms with van der Waals surface area (Å²) in [7, 11) is 0. The Labute approximate surface area is 132 Å². The number of aliphatic hydroxyl groups excluding tert-OH is 1. The highest BCUT2D eigenvalue weighted by Gasteiger charge is 2.10. The first kappa shape index (κ1) is 15.6. The van der Waals surface area contributed by atoms with E-state index in [1.54, 1.807) is 12.1 Å². The summed E-state index contributed by atoms with van der Waals surface area (Å²) in [5, 5.41) is 11.6. The number of aliphatic hydroxyl groups is 1. The largest absolute Gasteiger partial charge is 0.384 e. The van der Waals surface area contributed by atoms with Crippen molar-refractivity contribution in [1.82, 2.24) is 5.32 Å². The van der Waals surface area contributed by atoms with Gasteiger partial charge in [-0.1, -0.05) is 29.5 Å². The molecule has 108 valence electrons. The normalized spacial score (nSPS) is 9.86. The summed E-state index contributed by atoms with van der Waals surface area (Å²) in [6.07, 6.45) is 0. The number of thiophene rings is 1. The van der Waals surface area contributed by atoms with Crippen LogP contribution in [-0.4, -0.2) is 17.6 Å². The van der Waals surface area contributed by atoms with Gasteiger partial charge in [-0.2, -0.15) is 0 Å². The predicted molar refractivity (Wildman–Crippen MR) is 85.6 cm³/mol. The molecule has 1 heterocycles. The van der Waals surface area contributed by atoms with Crippen molar-refractivity contribution >= 4 is 28.8 Å². The lowest BCUT2D eigenvalue weighted by molar-refractivity contribution is 0.0951. The summed E-state index contributed by atoms with van der Waals surface area (Å²) in [5.41, 5.74) is 2.13. The fraction of sp³-hybridized carbons (Fsp3) is 0.188. The van der Waals surface area contributed by atoms with E-state index in [0.717, 1.165) is 10.4 Å². The van der Waals surface area contributed by atoms with E-state index in [9.17, 15) is 4.79 Å². The Morgan fingerprint density at radius 2 is 2.19 bits per heavy atom. The molecule has 0 atom stereocenters. The number of carbonyl (C=O) groups is 1. The van der Waals surface area contributed by atoms with Gasteiger partial charge in [-0.05, 0) is 36.8 Å². The van der Waals surface area contributed by atoms with Crippen LogP contribution in [0.1, 0.15) is 26.4 Å². The van der Waals surface area contributed by atoms with Gasteiger partial charge in [0.15, 0.2) is 0 Å². The number of carbonyl (C=O) groups excluding carboxylic acids is 1. The van der Waals surface area contributed by atoms with E-state index >= 15 is 0 Å². The first-order valence-electron chi connectivity index (χ1n) is 6.33. The lowest BCUT2D eigenvalue weighted by Crippen LogP contribution is -2.23. The Morgan fingerprint density at radius 1 is 1.38 bits per heavy atom. The molecule has 21 heavy (non-hydrogen) atoms. The van der Waals surface area contributed by atoms with E-state index in [0.29, 0.717) is 22.0 Å². The molecule has 0 spiro atoms. The fourth-order valence-corrected chi connectivity index (χ4v) is 2.83. The maximum atomic E-state index is 12.3. The molecule has 0 radical (unpaired) electrons. The smallest absolute Gasteiger partial charge is 0.252 e. The van der Waals surface area contributed by atoms with Crippen LogP contribution in [0.25, 0.3) is 0 Å². The van der Waals surface area contributed by atoms with Gasteiger partial charge >= 0.3 is 0 Å². The van der Waals surface area contributed by atoms with Crippen LogP contribution in [0.15, 0.2) is 30.3 Å². The third-order valence-electron chi connectivity index (χ3n) is 2.77. The summed E-state index contributed by atoms with van der Waals surface area (Å²) >= 11 is 7.29. The lowest BCUT2D eigenvalue weighted by atomic mass is 10.0. The zero-order valence-corrected chi connectivity index (χ0v) is 13.0. The lowest BCUT2D eigenvalue weighted by Gasteiger charge is -2.07. The Morgan fingerprint density at radius 3 is 2.86 bits per heavy atom. The average Bonchev–Trinajstić information content (AvgIpc) is 2.88. The molecule has 2 rings (SSSR count). The average molecular weight is 320 g/mol. The predicted octanol–water partition coefficient (Wildman–Crippen LogP) is 2.98. The van der Waals surface area contributed by atoms with Crippen molar-refractivity contribution < 1.29 is 9.90 Å². The molecule has 5 heteroatoms. The van der Waals surface area contributed by atoms with Gasteiger partial charge in [0.25, 0.3) is 5.91 Å². The van der Waals surface area contributed by atoms with Crippen LogP contribution in [0.2, 0.25) is 4.34 Å². The topological polar surface area (TPSA) is 49.3 Å². The Hall–Kier alpha value is -1.80. The molecule has 0 saturated carbocycles. The van der Waals surface area contributed by atoms with Crippen LogP contribution in [0.5, 0.6) is 0 Å². The van der Waals surface area contributed by atoms with E-state index in [1.165, 1.54) is 11.3 Å². The van der Waals surface area contributed by atoms with Crippen molar-refractivity contribution in [2.45, 2.75) is 13.5 Å². The molecule has 0 bridgehead atoms. The van der Waals surface area contributed by atoms with Crippen LogP contribution >= 0.6 is 22.9 Å². The van der Waals surface area contributed by atoms with Gasteiger partial charge in [0.1, 0.15) is 6.61 Å². The molecular weight excluding hydrogens is 306 g/mol. The number of aryl methyl sites for hydroxylation is 1. The maximum Gasteiger partial charge on any atom is 0.252 e. The standard InChI is InChI=1S/C16H14ClNO2S/c1-11-4-6-14(12(9-11)3-2-8-19)16(20)18-10-13-5-7-15(17)21-13/h4-7,9,19H,8,10H2,1H3,(H,18,20). The minimum atomic E-state index is -0.233. The number of nitrogens with one attached hydrogen (secondary N) is 1. The van der Waals surface area contributed by atoms with Gasteiger partial charge in [-0.25, -0.2) is 0 Å². The van der Waals surface area contributed by atoms with Crippen molar-refractivity contribution in [2.24, 2.45) is 0 Å². The number of hydrogen-bond donors (Lipinski definition) is 2. The third kappa shape index (κ3) is 4.33. The minimum Gasteiger partial charge on any atom is -0.384 e. The van der Waals surface area contributed by atoms with Crippen molar-refractivity contribution in [3.8, 4) is 11.8 Å². The summed E-state index contributed by atoms with van der Waals surface area (Å²) in [6.45, 7) is 2.12. The zero-order chi connectivity index (χ0) is 15.2. The Balaban J connectivity index is 2.14. The summed E-state index contributed by atoms with van der Waals surface area (Å²) in [4.78, 5) is 13.2. The van der Waals surface area contributed by atoms with Crippen molar-refractivity contribution in [1.29, 1.82) is 0 Å². The minimum absolute atomic E-state index is 0.193. The molecule has 0 unspecified atom stereocenters. The third-order valence-corrected chi connectivity index (χ3v) is 4.00. The van der Waals surface area contributed by atoms with Crippen LogP contribution in [0.3, 0.4) is 0 Å². The summed E-state index contributed by atoms with van der Waals surface area (Å²) < 4.78 is 0.698. The van der Waals surface area contributed by atoms with Crippen LogP contribution in [0, 0.1) is 18.8 Å². The molecule has 2 N–H and O–H groups in total. The van der Waals surface area contributed by atoms with Gasteiger partial charge in [-0.3, -0.25) is 4.79 Å². The van der Waals surface area contributed by atoms with Gasteiger partial charge in [0.05, 0.1) is 16.4 Å². The second-order valence-corrected chi connectivity index (χ2v) is 6.20. The second-order valence-electron chi connectivity index (χ2n) is 4.40. The van der Waals surface area contributed by atoms with Crippen LogP contribution in [0.4, 0.5) is 0 Å². The van der Waals surface area contributed by atoms with Crippen molar-refractivity contribution in [3.05, 3.63) is 56.2 Å².